The average molecular weight is 324 g/mol. The third-order valence-corrected chi connectivity index (χ3v) is 5.65. The summed E-state index contributed by atoms with van der Waals surface area (Å²) in [7, 11) is -3.11. The first-order valence-corrected chi connectivity index (χ1v) is 8.73. The molecule has 0 saturated carbocycles. The molecular formula is C14H16N2O5S. The normalized spacial score (nSPS) is 29.1. The van der Waals surface area contributed by atoms with Crippen LogP contribution in [0.3, 0.4) is 0 Å². The SMILES string of the molecule is C[C@@]1(C(=O)N[C@@H]2CCS(=O)(=O)C2)Oc2ccccc2NC1=O. The molecule has 2 atom stereocenters. The van der Waals surface area contributed by atoms with Crippen LogP contribution in [0.1, 0.15) is 13.3 Å². The molecule has 1 fully saturated rings. The van der Waals surface area contributed by atoms with Crippen molar-refractivity contribution in [2.45, 2.75) is 25.0 Å². The Kier molecular flexibility index (Phi) is 3.36. The number of anilines is 1. The monoisotopic (exact) mass is 324 g/mol. The molecule has 118 valence electrons. The summed E-state index contributed by atoms with van der Waals surface area (Å²) in [6, 6.07) is 6.32. The Hall–Kier alpha value is -2.09. The Balaban J connectivity index is 1.78. The summed E-state index contributed by atoms with van der Waals surface area (Å²) in [5, 5.41) is 5.23. The molecule has 0 aromatic heterocycles. The summed E-state index contributed by atoms with van der Waals surface area (Å²) in [5.74, 6) is -0.873. The zero-order valence-electron chi connectivity index (χ0n) is 12.0. The highest BCUT2D eigenvalue weighted by Gasteiger charge is 2.48. The Bertz CT molecular complexity index is 745. The first-order valence-electron chi connectivity index (χ1n) is 6.91. The highest BCUT2D eigenvalue weighted by molar-refractivity contribution is 7.91. The van der Waals surface area contributed by atoms with Gasteiger partial charge in [0.25, 0.3) is 17.4 Å². The van der Waals surface area contributed by atoms with E-state index in [1.165, 1.54) is 6.92 Å². The maximum atomic E-state index is 12.4. The predicted octanol–water partition coefficient (Wildman–Crippen LogP) is 0.0795. The first kappa shape index (κ1) is 14.8. The van der Waals surface area contributed by atoms with Crippen molar-refractivity contribution in [2.75, 3.05) is 16.8 Å². The number of fused-ring (bicyclic) bond motifs is 1. The van der Waals surface area contributed by atoms with Crippen molar-refractivity contribution in [2.24, 2.45) is 0 Å². The van der Waals surface area contributed by atoms with E-state index >= 15 is 0 Å². The van der Waals surface area contributed by atoms with Crippen LogP contribution in [0.25, 0.3) is 0 Å². The number of ether oxygens (including phenoxy) is 1. The first-order chi connectivity index (χ1) is 10.3. The highest BCUT2D eigenvalue weighted by Crippen LogP contribution is 2.33. The number of nitrogens with one attached hydrogen (secondary N) is 2. The molecular weight excluding hydrogens is 308 g/mol. The minimum Gasteiger partial charge on any atom is -0.466 e. The van der Waals surface area contributed by atoms with Gasteiger partial charge in [-0.15, -0.1) is 0 Å². The topological polar surface area (TPSA) is 102 Å². The molecule has 8 heteroatoms. The molecule has 2 aliphatic rings. The minimum absolute atomic E-state index is 0.0462. The van der Waals surface area contributed by atoms with Crippen LogP contribution < -0.4 is 15.4 Å². The van der Waals surface area contributed by atoms with Crippen LogP contribution >= 0.6 is 0 Å². The van der Waals surface area contributed by atoms with E-state index in [0.717, 1.165) is 0 Å². The zero-order chi connectivity index (χ0) is 16.0. The van der Waals surface area contributed by atoms with Gasteiger partial charge in [-0.2, -0.15) is 0 Å². The Morgan fingerprint density at radius 1 is 1.41 bits per heavy atom. The summed E-state index contributed by atoms with van der Waals surface area (Å²) in [4.78, 5) is 24.6. The average Bonchev–Trinajstić information content (AvgIpc) is 2.79. The number of para-hydroxylation sites is 2. The molecule has 3 rings (SSSR count). The van der Waals surface area contributed by atoms with Gasteiger partial charge in [-0.05, 0) is 25.5 Å². The number of amides is 2. The molecule has 2 N–H and O–H groups in total. The molecule has 1 aromatic rings. The number of sulfone groups is 1. The maximum Gasteiger partial charge on any atom is 0.278 e. The van der Waals surface area contributed by atoms with E-state index in [-0.39, 0.29) is 11.5 Å². The van der Waals surface area contributed by atoms with Crippen molar-refractivity contribution in [1.82, 2.24) is 5.32 Å². The quantitative estimate of drug-likeness (QED) is 0.750. The van der Waals surface area contributed by atoms with Crippen LogP contribution in [0.15, 0.2) is 24.3 Å². The lowest BCUT2D eigenvalue weighted by atomic mass is 10.0. The van der Waals surface area contributed by atoms with E-state index in [1.807, 2.05) is 0 Å². The second kappa shape index (κ2) is 4.98. The van der Waals surface area contributed by atoms with Gasteiger partial charge < -0.3 is 15.4 Å². The maximum absolute atomic E-state index is 12.4. The molecule has 7 nitrogen and oxygen atoms in total. The molecule has 2 amide bonds. The largest absolute Gasteiger partial charge is 0.466 e. The molecule has 2 aliphatic heterocycles. The number of rotatable bonds is 2. The summed E-state index contributed by atoms with van der Waals surface area (Å²) >= 11 is 0. The Labute approximate surface area is 128 Å². The standard InChI is InChI=1S/C14H16N2O5S/c1-14(12(17)15-9-6-7-22(19,20)8-9)13(18)16-10-4-2-3-5-11(10)21-14/h2-5,9H,6-8H2,1H3,(H,15,17)(H,16,18)/t9-,14+/m1/s1. The third kappa shape index (κ3) is 2.54. The summed E-state index contributed by atoms with van der Waals surface area (Å²) in [6.45, 7) is 1.37. The van der Waals surface area contributed by atoms with Crippen LogP contribution in [0.5, 0.6) is 5.75 Å². The summed E-state index contributed by atoms with van der Waals surface area (Å²) < 4.78 is 28.5. The van der Waals surface area contributed by atoms with Crippen molar-refractivity contribution in [3.05, 3.63) is 24.3 Å². The third-order valence-electron chi connectivity index (χ3n) is 3.88. The van der Waals surface area contributed by atoms with Gasteiger partial charge in [0.15, 0.2) is 9.84 Å². The van der Waals surface area contributed by atoms with Crippen molar-refractivity contribution < 1.29 is 22.7 Å². The van der Waals surface area contributed by atoms with Gasteiger partial charge in [0.1, 0.15) is 5.75 Å². The number of hydrogen-bond acceptors (Lipinski definition) is 5. The highest BCUT2D eigenvalue weighted by atomic mass is 32.2. The van der Waals surface area contributed by atoms with Crippen LogP contribution in [-0.4, -0.2) is 43.4 Å². The molecule has 0 bridgehead atoms. The van der Waals surface area contributed by atoms with Gasteiger partial charge in [0.2, 0.25) is 0 Å². The van der Waals surface area contributed by atoms with Crippen molar-refractivity contribution in [1.29, 1.82) is 0 Å². The van der Waals surface area contributed by atoms with Crippen LogP contribution in [0, 0.1) is 0 Å². The number of carbonyl (C=O) groups is 2. The number of carbonyl (C=O) groups excluding carboxylic acids is 2. The summed E-state index contributed by atoms with van der Waals surface area (Å²) in [6.07, 6.45) is 0.350. The van der Waals surface area contributed by atoms with Gasteiger partial charge in [0, 0.05) is 6.04 Å². The van der Waals surface area contributed by atoms with E-state index in [4.69, 9.17) is 4.74 Å². The van der Waals surface area contributed by atoms with Crippen molar-refractivity contribution >= 4 is 27.3 Å². The minimum atomic E-state index is -3.11. The lowest BCUT2D eigenvalue weighted by Gasteiger charge is -2.33. The van der Waals surface area contributed by atoms with Gasteiger partial charge in [-0.1, -0.05) is 12.1 Å². The van der Waals surface area contributed by atoms with E-state index in [9.17, 15) is 18.0 Å². The Morgan fingerprint density at radius 3 is 2.82 bits per heavy atom. The smallest absolute Gasteiger partial charge is 0.278 e. The fourth-order valence-corrected chi connectivity index (χ4v) is 4.22. The molecule has 2 heterocycles. The number of hydrogen-bond donors (Lipinski definition) is 2. The van der Waals surface area contributed by atoms with Gasteiger partial charge in [-0.3, -0.25) is 9.59 Å². The second-order valence-corrected chi connectivity index (χ2v) is 7.89. The molecule has 1 saturated heterocycles. The summed E-state index contributed by atoms with van der Waals surface area (Å²) in [5.41, 5.74) is -1.22. The molecule has 0 spiro atoms. The molecule has 0 unspecified atom stereocenters. The number of benzene rings is 1. The molecule has 0 radical (unpaired) electrons. The molecule has 1 aromatic carbocycles. The van der Waals surface area contributed by atoms with E-state index < -0.39 is 33.3 Å². The van der Waals surface area contributed by atoms with Crippen molar-refractivity contribution in [3.8, 4) is 5.75 Å². The fraction of sp³-hybridized carbons (Fsp3) is 0.429. The van der Waals surface area contributed by atoms with Crippen LogP contribution in [-0.2, 0) is 19.4 Å². The van der Waals surface area contributed by atoms with Crippen molar-refractivity contribution in [3.63, 3.8) is 0 Å². The van der Waals surface area contributed by atoms with Crippen LogP contribution in [0.2, 0.25) is 0 Å². The van der Waals surface area contributed by atoms with Gasteiger partial charge in [0.05, 0.1) is 17.2 Å². The lowest BCUT2D eigenvalue weighted by molar-refractivity contribution is -0.147. The van der Waals surface area contributed by atoms with Crippen LogP contribution in [0.4, 0.5) is 5.69 Å². The Morgan fingerprint density at radius 2 is 2.14 bits per heavy atom. The van der Waals surface area contributed by atoms with E-state index in [1.54, 1.807) is 24.3 Å². The van der Waals surface area contributed by atoms with E-state index in [0.29, 0.717) is 17.9 Å². The van der Waals surface area contributed by atoms with E-state index in [2.05, 4.69) is 10.6 Å². The van der Waals surface area contributed by atoms with Gasteiger partial charge >= 0.3 is 0 Å². The molecule has 22 heavy (non-hydrogen) atoms. The lowest BCUT2D eigenvalue weighted by Crippen LogP contribution is -2.60. The molecule has 0 aliphatic carbocycles. The van der Waals surface area contributed by atoms with Gasteiger partial charge in [-0.25, -0.2) is 8.42 Å². The predicted molar refractivity (Wildman–Crippen MR) is 79.3 cm³/mol. The zero-order valence-corrected chi connectivity index (χ0v) is 12.8. The fourth-order valence-electron chi connectivity index (χ4n) is 2.55. The second-order valence-electron chi connectivity index (χ2n) is 5.66.